The number of carbonyl (C=O) groups excluding carboxylic acids is 1. The summed E-state index contributed by atoms with van der Waals surface area (Å²) in [6, 6.07) is 5.89. The van der Waals surface area contributed by atoms with Crippen LogP contribution in [0.2, 0.25) is 0 Å². The molecule has 0 spiro atoms. The van der Waals surface area contributed by atoms with Crippen LogP contribution in [0.1, 0.15) is 19.4 Å². The van der Waals surface area contributed by atoms with Crippen molar-refractivity contribution in [2.45, 2.75) is 13.3 Å². The van der Waals surface area contributed by atoms with E-state index in [2.05, 4.69) is 11.4 Å². The van der Waals surface area contributed by atoms with E-state index < -0.39 is 0 Å². The highest BCUT2D eigenvalue weighted by Crippen LogP contribution is 2.24. The lowest BCUT2D eigenvalue weighted by atomic mass is 10.3. The largest absolute Gasteiger partial charge is 0.398 e. The van der Waals surface area contributed by atoms with E-state index in [1.807, 2.05) is 20.0 Å². The second kappa shape index (κ2) is 5.54. The topological polar surface area (TPSA) is 46.3 Å². The molecule has 0 atom stereocenters. The average Bonchev–Trinajstić information content (AvgIpc) is 2.96. The molecule has 0 radical (unpaired) electrons. The molecule has 0 aliphatic heterocycles. The number of likely N-dealkylation sites (N-methyl/N-ethyl adjacent to an activating group) is 1. The minimum atomic E-state index is 0.0522. The van der Waals surface area contributed by atoms with Crippen LogP contribution in [0.4, 0.5) is 5.69 Å². The Morgan fingerprint density at radius 3 is 2.83 bits per heavy atom. The summed E-state index contributed by atoms with van der Waals surface area (Å²) in [5.74, 6) is 0.0522. The zero-order valence-corrected chi connectivity index (χ0v) is 12.1. The number of carbonyl (C=O) groups is 1. The third kappa shape index (κ3) is 2.91. The van der Waals surface area contributed by atoms with Gasteiger partial charge in [0.25, 0.3) is 5.91 Å². The number of nitrogens with two attached hydrogens (primary N) is 1. The summed E-state index contributed by atoms with van der Waals surface area (Å²) in [5.41, 5.74) is 6.47. The molecule has 0 aliphatic rings. The van der Waals surface area contributed by atoms with Gasteiger partial charge in [0.05, 0.1) is 4.88 Å². The number of thiophene rings is 2. The molecule has 0 fully saturated rings. The SMILES string of the molecule is Cc1sc(C(=O)N(C)CCc2cccs2)cc1N. The van der Waals surface area contributed by atoms with Gasteiger partial charge in [-0.25, -0.2) is 0 Å². The molecule has 1 amide bonds. The Bertz CT molecular complexity index is 512. The molecule has 2 aromatic heterocycles. The maximum Gasteiger partial charge on any atom is 0.263 e. The second-order valence-corrected chi connectivity index (χ2v) is 6.47. The highest BCUT2D eigenvalue weighted by molar-refractivity contribution is 7.14. The Balaban J connectivity index is 1.96. The van der Waals surface area contributed by atoms with Gasteiger partial charge in [0.1, 0.15) is 0 Å². The molecule has 0 saturated carbocycles. The van der Waals surface area contributed by atoms with E-state index in [0.29, 0.717) is 5.69 Å². The fourth-order valence-corrected chi connectivity index (χ4v) is 3.26. The van der Waals surface area contributed by atoms with Crippen LogP contribution in [0.25, 0.3) is 0 Å². The molecule has 0 bridgehead atoms. The van der Waals surface area contributed by atoms with Crippen molar-refractivity contribution < 1.29 is 4.79 Å². The van der Waals surface area contributed by atoms with Crippen LogP contribution in [0.3, 0.4) is 0 Å². The molecule has 5 heteroatoms. The van der Waals surface area contributed by atoms with Crippen molar-refractivity contribution >= 4 is 34.3 Å². The van der Waals surface area contributed by atoms with E-state index >= 15 is 0 Å². The van der Waals surface area contributed by atoms with Crippen molar-refractivity contribution in [1.29, 1.82) is 0 Å². The van der Waals surface area contributed by atoms with Gasteiger partial charge in [-0.3, -0.25) is 4.79 Å². The van der Waals surface area contributed by atoms with Crippen molar-refractivity contribution in [3.05, 3.63) is 38.2 Å². The number of amides is 1. The smallest absolute Gasteiger partial charge is 0.263 e. The van der Waals surface area contributed by atoms with Gasteiger partial charge in [-0.2, -0.15) is 0 Å². The monoisotopic (exact) mass is 280 g/mol. The van der Waals surface area contributed by atoms with Crippen LogP contribution in [-0.4, -0.2) is 24.4 Å². The Morgan fingerprint density at radius 2 is 2.28 bits per heavy atom. The summed E-state index contributed by atoms with van der Waals surface area (Å²) in [7, 11) is 1.83. The minimum Gasteiger partial charge on any atom is -0.398 e. The summed E-state index contributed by atoms with van der Waals surface area (Å²) in [4.78, 5) is 16.9. The van der Waals surface area contributed by atoms with Crippen molar-refractivity contribution in [2.75, 3.05) is 19.3 Å². The lowest BCUT2D eigenvalue weighted by Crippen LogP contribution is -2.28. The Morgan fingerprint density at radius 1 is 1.50 bits per heavy atom. The first-order valence-corrected chi connectivity index (χ1v) is 7.41. The Kier molecular flexibility index (Phi) is 4.04. The fourth-order valence-electron chi connectivity index (χ4n) is 1.62. The van der Waals surface area contributed by atoms with E-state index in [9.17, 15) is 4.79 Å². The number of nitrogen functional groups attached to an aromatic ring is 1. The van der Waals surface area contributed by atoms with E-state index in [-0.39, 0.29) is 5.91 Å². The van der Waals surface area contributed by atoms with Gasteiger partial charge >= 0.3 is 0 Å². The number of rotatable bonds is 4. The van der Waals surface area contributed by atoms with E-state index in [0.717, 1.165) is 22.7 Å². The third-order valence-electron chi connectivity index (χ3n) is 2.79. The van der Waals surface area contributed by atoms with Crippen LogP contribution in [-0.2, 0) is 6.42 Å². The predicted octanol–water partition coefficient (Wildman–Crippen LogP) is 3.01. The fraction of sp³-hybridized carbons (Fsp3) is 0.308. The summed E-state index contributed by atoms with van der Waals surface area (Å²) in [6.45, 7) is 2.67. The standard InChI is InChI=1S/C13H16N2OS2/c1-9-11(14)8-12(18-9)13(16)15(2)6-5-10-4-3-7-17-10/h3-4,7-8H,5-6,14H2,1-2H3. The molecule has 0 aliphatic carbocycles. The quantitative estimate of drug-likeness (QED) is 0.935. The van der Waals surface area contributed by atoms with Gasteiger partial charge in [-0.15, -0.1) is 22.7 Å². The number of nitrogens with zero attached hydrogens (tertiary/aromatic N) is 1. The number of anilines is 1. The van der Waals surface area contributed by atoms with Crippen molar-refractivity contribution in [1.82, 2.24) is 4.90 Å². The highest BCUT2D eigenvalue weighted by atomic mass is 32.1. The molecule has 0 saturated heterocycles. The maximum absolute atomic E-state index is 12.2. The maximum atomic E-state index is 12.2. The van der Waals surface area contributed by atoms with Gasteiger partial charge in [-0.1, -0.05) is 6.07 Å². The van der Waals surface area contributed by atoms with E-state index in [4.69, 9.17) is 5.73 Å². The van der Waals surface area contributed by atoms with Crippen LogP contribution >= 0.6 is 22.7 Å². The molecule has 18 heavy (non-hydrogen) atoms. The van der Waals surface area contributed by atoms with Crippen molar-refractivity contribution in [3.63, 3.8) is 0 Å². The summed E-state index contributed by atoms with van der Waals surface area (Å²) >= 11 is 3.18. The van der Waals surface area contributed by atoms with Gasteiger partial charge in [-0.05, 0) is 30.9 Å². The van der Waals surface area contributed by atoms with Crippen LogP contribution in [0.5, 0.6) is 0 Å². The Labute approximate surface area is 115 Å². The van der Waals surface area contributed by atoms with Gasteiger partial charge in [0.2, 0.25) is 0 Å². The second-order valence-electron chi connectivity index (χ2n) is 4.18. The molecule has 96 valence electrons. The van der Waals surface area contributed by atoms with Crippen molar-refractivity contribution in [2.24, 2.45) is 0 Å². The zero-order chi connectivity index (χ0) is 13.1. The van der Waals surface area contributed by atoms with Crippen LogP contribution in [0, 0.1) is 6.92 Å². The first-order valence-electron chi connectivity index (χ1n) is 5.71. The molecule has 2 N–H and O–H groups in total. The summed E-state index contributed by atoms with van der Waals surface area (Å²) in [5, 5.41) is 2.06. The molecule has 0 aromatic carbocycles. The van der Waals surface area contributed by atoms with E-state index in [1.54, 1.807) is 22.3 Å². The minimum absolute atomic E-state index is 0.0522. The molecule has 2 aromatic rings. The third-order valence-corrected chi connectivity index (χ3v) is 4.78. The normalized spacial score (nSPS) is 10.6. The summed E-state index contributed by atoms with van der Waals surface area (Å²) in [6.07, 6.45) is 0.903. The van der Waals surface area contributed by atoms with Gasteiger partial charge in [0, 0.05) is 29.0 Å². The predicted molar refractivity (Wildman–Crippen MR) is 78.5 cm³/mol. The first kappa shape index (κ1) is 13.1. The zero-order valence-electron chi connectivity index (χ0n) is 10.5. The number of hydrogen-bond donors (Lipinski definition) is 1. The van der Waals surface area contributed by atoms with Gasteiger partial charge in [0.15, 0.2) is 0 Å². The summed E-state index contributed by atoms with van der Waals surface area (Å²) < 4.78 is 0. The molecule has 2 rings (SSSR count). The molecule has 3 nitrogen and oxygen atoms in total. The lowest BCUT2D eigenvalue weighted by Gasteiger charge is -2.15. The number of aryl methyl sites for hydroxylation is 1. The molecular weight excluding hydrogens is 264 g/mol. The average molecular weight is 280 g/mol. The molecule has 0 unspecified atom stereocenters. The van der Waals surface area contributed by atoms with E-state index in [1.165, 1.54) is 16.2 Å². The lowest BCUT2D eigenvalue weighted by molar-refractivity contribution is 0.0801. The van der Waals surface area contributed by atoms with Crippen LogP contribution < -0.4 is 5.73 Å². The first-order chi connectivity index (χ1) is 8.58. The van der Waals surface area contributed by atoms with Crippen LogP contribution in [0.15, 0.2) is 23.6 Å². The number of hydrogen-bond acceptors (Lipinski definition) is 4. The van der Waals surface area contributed by atoms with Gasteiger partial charge < -0.3 is 10.6 Å². The molecule has 2 heterocycles. The Hall–Kier alpha value is -1.33. The highest BCUT2D eigenvalue weighted by Gasteiger charge is 2.15. The molecular formula is C13H16N2OS2. The van der Waals surface area contributed by atoms with Crippen molar-refractivity contribution in [3.8, 4) is 0 Å².